The molecule has 1 aromatic heterocycles. The Morgan fingerprint density at radius 2 is 1.71 bits per heavy atom. The molecule has 0 aliphatic heterocycles. The number of carbonyl (C=O) groups excluding carboxylic acids is 1. The summed E-state index contributed by atoms with van der Waals surface area (Å²) in [6.45, 7) is 1.98. The number of anilines is 1. The summed E-state index contributed by atoms with van der Waals surface area (Å²) in [4.78, 5) is 12.7. The Morgan fingerprint density at radius 3 is 2.34 bits per heavy atom. The first-order chi connectivity index (χ1) is 17.0. The first kappa shape index (κ1) is 24.9. The van der Waals surface area contributed by atoms with Crippen LogP contribution in [0.2, 0.25) is 0 Å². The quantitative estimate of drug-likeness (QED) is 0.391. The number of rotatable bonds is 9. The van der Waals surface area contributed by atoms with E-state index in [1.807, 2.05) is 43.3 Å². The molecule has 1 N–H and O–H groups in total. The van der Waals surface area contributed by atoms with E-state index in [4.69, 9.17) is 14.2 Å². The van der Waals surface area contributed by atoms with Crippen LogP contribution in [0.15, 0.2) is 41.6 Å². The van der Waals surface area contributed by atoms with Crippen molar-refractivity contribution in [3.8, 4) is 28.6 Å². The summed E-state index contributed by atoms with van der Waals surface area (Å²) in [6, 6.07) is 11.8. The fourth-order valence-electron chi connectivity index (χ4n) is 4.48. The second kappa shape index (κ2) is 11.5. The molecule has 3 aromatic rings. The molecule has 0 saturated heterocycles. The molecular formula is C26H32N4O4S. The molecule has 35 heavy (non-hydrogen) atoms. The van der Waals surface area contributed by atoms with Crippen LogP contribution in [0, 0.1) is 6.92 Å². The molecule has 1 saturated carbocycles. The van der Waals surface area contributed by atoms with E-state index in [0.717, 1.165) is 53.5 Å². The normalized spacial score (nSPS) is 13.9. The lowest BCUT2D eigenvalue weighted by Crippen LogP contribution is -2.17. The average Bonchev–Trinajstić information content (AvgIpc) is 3.32. The molecule has 1 aliphatic rings. The molecule has 1 heterocycles. The zero-order chi connectivity index (χ0) is 24.8. The molecule has 8 nitrogen and oxygen atoms in total. The Bertz CT molecular complexity index is 1150. The highest BCUT2D eigenvalue weighted by molar-refractivity contribution is 7.99. The fraction of sp³-hybridized carbons (Fsp3) is 0.423. The molecule has 0 radical (unpaired) electrons. The Morgan fingerprint density at radius 1 is 1.03 bits per heavy atom. The van der Waals surface area contributed by atoms with Crippen molar-refractivity contribution in [2.75, 3.05) is 32.4 Å². The number of methoxy groups -OCH3 is 3. The molecule has 1 fully saturated rings. The van der Waals surface area contributed by atoms with Crippen molar-refractivity contribution in [2.45, 2.75) is 50.2 Å². The minimum absolute atomic E-state index is 0.0724. The molecule has 1 aliphatic carbocycles. The van der Waals surface area contributed by atoms with E-state index >= 15 is 0 Å². The number of nitrogens with one attached hydrogen (secondary N) is 1. The van der Waals surface area contributed by atoms with Gasteiger partial charge in [0.2, 0.25) is 11.7 Å². The standard InChI is InChI=1S/C26H32N4O4S/c1-17-10-8-9-13-20(17)27-23(31)16-35-26-29-28-25(30(26)19-11-6-5-7-12-19)18-14-21(32-2)24(34-4)22(15-18)33-3/h8-10,13-15,19H,5-7,11-12,16H2,1-4H3,(H,27,31). The number of thioether (sulfide) groups is 1. The number of benzene rings is 2. The average molecular weight is 497 g/mol. The van der Waals surface area contributed by atoms with Gasteiger partial charge in [0.05, 0.1) is 27.1 Å². The molecular weight excluding hydrogens is 464 g/mol. The number of hydrogen-bond donors (Lipinski definition) is 1. The van der Waals surface area contributed by atoms with E-state index in [1.54, 1.807) is 21.3 Å². The Labute approximate surface area is 210 Å². The van der Waals surface area contributed by atoms with Gasteiger partial charge in [-0.25, -0.2) is 0 Å². The van der Waals surface area contributed by atoms with Crippen LogP contribution in [0.4, 0.5) is 5.69 Å². The van der Waals surface area contributed by atoms with E-state index in [1.165, 1.54) is 18.2 Å². The minimum atomic E-state index is -0.0724. The van der Waals surface area contributed by atoms with Crippen LogP contribution in [0.5, 0.6) is 17.2 Å². The van der Waals surface area contributed by atoms with Gasteiger partial charge in [0.25, 0.3) is 0 Å². The third-order valence-corrected chi connectivity index (χ3v) is 7.22. The summed E-state index contributed by atoms with van der Waals surface area (Å²) in [7, 11) is 4.78. The molecule has 0 spiro atoms. The fourth-order valence-corrected chi connectivity index (χ4v) is 5.29. The first-order valence-corrected chi connectivity index (χ1v) is 12.8. The number of amides is 1. The van der Waals surface area contributed by atoms with Gasteiger partial charge in [0, 0.05) is 17.3 Å². The predicted molar refractivity (Wildman–Crippen MR) is 138 cm³/mol. The zero-order valence-electron chi connectivity index (χ0n) is 20.7. The topological polar surface area (TPSA) is 87.5 Å². The van der Waals surface area contributed by atoms with Crippen LogP contribution < -0.4 is 19.5 Å². The van der Waals surface area contributed by atoms with Crippen molar-refractivity contribution < 1.29 is 19.0 Å². The van der Waals surface area contributed by atoms with Crippen LogP contribution in [0.3, 0.4) is 0 Å². The van der Waals surface area contributed by atoms with E-state index in [9.17, 15) is 4.79 Å². The summed E-state index contributed by atoms with van der Waals surface area (Å²) in [5, 5.41) is 12.8. The van der Waals surface area contributed by atoms with Gasteiger partial charge in [-0.15, -0.1) is 10.2 Å². The first-order valence-electron chi connectivity index (χ1n) is 11.8. The SMILES string of the molecule is COc1cc(-c2nnc(SCC(=O)Nc3ccccc3C)n2C2CCCCC2)cc(OC)c1OC. The van der Waals surface area contributed by atoms with Crippen LogP contribution in [0.1, 0.15) is 43.7 Å². The van der Waals surface area contributed by atoms with Crippen LogP contribution in [-0.4, -0.2) is 47.8 Å². The van der Waals surface area contributed by atoms with Gasteiger partial charge in [0.1, 0.15) is 0 Å². The number of hydrogen-bond acceptors (Lipinski definition) is 7. The molecule has 0 atom stereocenters. The Hall–Kier alpha value is -3.20. The number of ether oxygens (including phenoxy) is 3. The van der Waals surface area contributed by atoms with E-state index in [-0.39, 0.29) is 17.7 Å². The highest BCUT2D eigenvalue weighted by Gasteiger charge is 2.26. The van der Waals surface area contributed by atoms with Crippen LogP contribution >= 0.6 is 11.8 Å². The zero-order valence-corrected chi connectivity index (χ0v) is 21.5. The molecule has 0 unspecified atom stereocenters. The van der Waals surface area contributed by atoms with Crippen molar-refractivity contribution in [3.05, 3.63) is 42.0 Å². The lowest BCUT2D eigenvalue weighted by Gasteiger charge is -2.26. The van der Waals surface area contributed by atoms with Gasteiger partial charge in [-0.3, -0.25) is 9.36 Å². The van der Waals surface area contributed by atoms with Gasteiger partial charge in [-0.05, 0) is 43.5 Å². The number of para-hydroxylation sites is 1. The summed E-state index contributed by atoms with van der Waals surface area (Å²) < 4.78 is 18.8. The minimum Gasteiger partial charge on any atom is -0.493 e. The molecule has 2 aromatic carbocycles. The maximum Gasteiger partial charge on any atom is 0.234 e. The Balaban J connectivity index is 1.64. The van der Waals surface area contributed by atoms with Crippen molar-refractivity contribution in [1.82, 2.24) is 14.8 Å². The van der Waals surface area contributed by atoms with Gasteiger partial charge in [0.15, 0.2) is 22.5 Å². The third kappa shape index (κ3) is 5.56. The monoisotopic (exact) mass is 496 g/mol. The molecule has 9 heteroatoms. The van der Waals surface area contributed by atoms with Gasteiger partial charge in [-0.1, -0.05) is 49.2 Å². The Kier molecular flexibility index (Phi) is 8.17. The predicted octanol–water partition coefficient (Wildman–Crippen LogP) is 5.52. The van der Waals surface area contributed by atoms with Crippen molar-refractivity contribution >= 4 is 23.4 Å². The maximum atomic E-state index is 12.7. The van der Waals surface area contributed by atoms with E-state index < -0.39 is 0 Å². The van der Waals surface area contributed by atoms with E-state index in [2.05, 4.69) is 20.1 Å². The van der Waals surface area contributed by atoms with E-state index in [0.29, 0.717) is 17.2 Å². The highest BCUT2D eigenvalue weighted by atomic mass is 32.2. The molecule has 1 amide bonds. The van der Waals surface area contributed by atoms with Crippen LogP contribution in [-0.2, 0) is 4.79 Å². The number of aryl methyl sites for hydroxylation is 1. The van der Waals surface area contributed by atoms with Crippen LogP contribution in [0.25, 0.3) is 11.4 Å². The summed E-state index contributed by atoms with van der Waals surface area (Å²) in [5.74, 6) is 2.56. The van der Waals surface area contributed by atoms with Gasteiger partial charge < -0.3 is 19.5 Å². The molecule has 0 bridgehead atoms. The highest BCUT2D eigenvalue weighted by Crippen LogP contribution is 2.43. The lowest BCUT2D eigenvalue weighted by molar-refractivity contribution is -0.113. The summed E-state index contributed by atoms with van der Waals surface area (Å²) >= 11 is 1.41. The molecule has 186 valence electrons. The number of aromatic nitrogens is 3. The second-order valence-corrected chi connectivity index (χ2v) is 9.48. The van der Waals surface area contributed by atoms with Crippen molar-refractivity contribution in [3.63, 3.8) is 0 Å². The van der Waals surface area contributed by atoms with Crippen molar-refractivity contribution in [2.24, 2.45) is 0 Å². The number of carbonyl (C=O) groups is 1. The lowest BCUT2D eigenvalue weighted by atomic mass is 9.95. The smallest absolute Gasteiger partial charge is 0.234 e. The maximum absolute atomic E-state index is 12.7. The second-order valence-electron chi connectivity index (χ2n) is 8.53. The number of nitrogens with zero attached hydrogens (tertiary/aromatic N) is 3. The van der Waals surface area contributed by atoms with Crippen molar-refractivity contribution in [1.29, 1.82) is 0 Å². The van der Waals surface area contributed by atoms with Gasteiger partial charge in [-0.2, -0.15) is 0 Å². The molecule has 4 rings (SSSR count). The van der Waals surface area contributed by atoms with Gasteiger partial charge >= 0.3 is 0 Å². The summed E-state index contributed by atoms with van der Waals surface area (Å²) in [6.07, 6.45) is 5.67. The largest absolute Gasteiger partial charge is 0.493 e. The summed E-state index contributed by atoms with van der Waals surface area (Å²) in [5.41, 5.74) is 2.68. The third-order valence-electron chi connectivity index (χ3n) is 6.28.